The average molecular weight is 285 g/mol. The van der Waals surface area contributed by atoms with Crippen molar-refractivity contribution in [3.05, 3.63) is 11.4 Å². The Balaban J connectivity index is 1.99. The van der Waals surface area contributed by atoms with Gasteiger partial charge in [0.15, 0.2) is 0 Å². The summed E-state index contributed by atoms with van der Waals surface area (Å²) in [5.74, 6) is 2.37. The van der Waals surface area contributed by atoms with E-state index in [0.717, 1.165) is 30.5 Å². The molecule has 0 spiro atoms. The lowest BCUT2D eigenvalue weighted by molar-refractivity contribution is 0.589. The van der Waals surface area contributed by atoms with Crippen LogP contribution < -0.4 is 15.8 Å². The van der Waals surface area contributed by atoms with E-state index in [4.69, 9.17) is 5.73 Å². The lowest BCUT2D eigenvalue weighted by atomic mass is 10.3. The monoisotopic (exact) mass is 285 g/mol. The molecule has 1 heterocycles. The van der Waals surface area contributed by atoms with E-state index in [1.807, 2.05) is 6.92 Å². The molecule has 19 heavy (non-hydrogen) atoms. The van der Waals surface area contributed by atoms with Crippen LogP contribution in [0.25, 0.3) is 0 Å². The summed E-state index contributed by atoms with van der Waals surface area (Å²) in [6.07, 6.45) is 3.35. The van der Waals surface area contributed by atoms with Gasteiger partial charge in [0.05, 0.1) is 6.26 Å². The molecule has 0 aliphatic heterocycles. The number of aromatic nitrogens is 2. The molecule has 0 amide bonds. The zero-order valence-corrected chi connectivity index (χ0v) is 11.9. The number of nitrogens with one attached hydrogen (secondary N) is 2. The lowest BCUT2D eigenvalue weighted by Crippen LogP contribution is -2.28. The van der Waals surface area contributed by atoms with Gasteiger partial charge in [0, 0.05) is 24.6 Å². The fraction of sp³-hybridized carbons (Fsp3) is 0.636. The fourth-order valence-electron chi connectivity index (χ4n) is 1.67. The van der Waals surface area contributed by atoms with Crippen molar-refractivity contribution < 1.29 is 8.42 Å². The second-order valence-electron chi connectivity index (χ2n) is 4.81. The molecule has 1 aromatic rings. The van der Waals surface area contributed by atoms with E-state index in [9.17, 15) is 8.42 Å². The van der Waals surface area contributed by atoms with E-state index >= 15 is 0 Å². The molecule has 7 nitrogen and oxygen atoms in total. The van der Waals surface area contributed by atoms with Gasteiger partial charge in [-0.2, -0.15) is 0 Å². The van der Waals surface area contributed by atoms with E-state index in [2.05, 4.69) is 20.0 Å². The van der Waals surface area contributed by atoms with Gasteiger partial charge in [-0.05, 0) is 19.8 Å². The molecule has 0 aromatic carbocycles. The first kappa shape index (κ1) is 14.0. The van der Waals surface area contributed by atoms with E-state index in [1.165, 1.54) is 0 Å². The predicted molar refractivity (Wildman–Crippen MR) is 74.5 cm³/mol. The number of sulfonamides is 1. The Bertz CT molecular complexity index is 569. The maximum absolute atomic E-state index is 10.9. The van der Waals surface area contributed by atoms with Crippen LogP contribution >= 0.6 is 0 Å². The van der Waals surface area contributed by atoms with Gasteiger partial charge in [0.1, 0.15) is 17.5 Å². The molecule has 0 bridgehead atoms. The number of rotatable bonds is 6. The minimum atomic E-state index is -3.16. The van der Waals surface area contributed by atoms with E-state index in [-0.39, 0.29) is 0 Å². The SMILES string of the molecule is Cc1c(N)nc(C2CC2)nc1NCCNS(C)(=O)=O. The van der Waals surface area contributed by atoms with Crippen molar-refractivity contribution in [2.24, 2.45) is 0 Å². The Labute approximate surface area is 113 Å². The molecule has 2 rings (SSSR count). The van der Waals surface area contributed by atoms with Crippen molar-refractivity contribution in [1.82, 2.24) is 14.7 Å². The van der Waals surface area contributed by atoms with Gasteiger partial charge in [-0.3, -0.25) is 0 Å². The van der Waals surface area contributed by atoms with Crippen LogP contribution in [-0.4, -0.2) is 37.7 Å². The highest BCUT2D eigenvalue weighted by Crippen LogP contribution is 2.39. The predicted octanol–water partition coefficient (Wildman–Crippen LogP) is 0.206. The molecule has 4 N–H and O–H groups in total. The van der Waals surface area contributed by atoms with Gasteiger partial charge in [0.2, 0.25) is 10.0 Å². The Morgan fingerprint density at radius 1 is 1.32 bits per heavy atom. The molecular weight excluding hydrogens is 266 g/mol. The first-order valence-electron chi connectivity index (χ1n) is 6.19. The summed E-state index contributed by atoms with van der Waals surface area (Å²) in [6.45, 7) is 2.60. The number of hydrogen-bond donors (Lipinski definition) is 3. The van der Waals surface area contributed by atoms with Crippen LogP contribution in [0.2, 0.25) is 0 Å². The Morgan fingerprint density at radius 2 is 2.00 bits per heavy atom. The minimum absolute atomic E-state index is 0.306. The third-order valence-corrected chi connectivity index (χ3v) is 3.65. The van der Waals surface area contributed by atoms with Crippen LogP contribution in [0.1, 0.15) is 30.1 Å². The van der Waals surface area contributed by atoms with Gasteiger partial charge in [-0.15, -0.1) is 0 Å². The number of nitrogen functional groups attached to an aromatic ring is 1. The first-order valence-corrected chi connectivity index (χ1v) is 8.08. The van der Waals surface area contributed by atoms with Crippen LogP contribution in [-0.2, 0) is 10.0 Å². The maximum atomic E-state index is 10.9. The molecule has 1 aromatic heterocycles. The molecule has 0 unspecified atom stereocenters. The Kier molecular flexibility index (Phi) is 3.91. The normalized spacial score (nSPS) is 15.5. The summed E-state index contributed by atoms with van der Waals surface area (Å²) in [7, 11) is -3.16. The molecule has 0 radical (unpaired) electrons. The number of nitrogens with zero attached hydrogens (tertiary/aromatic N) is 2. The number of nitrogens with two attached hydrogens (primary N) is 1. The molecule has 1 fully saturated rings. The van der Waals surface area contributed by atoms with Crippen LogP contribution in [0.5, 0.6) is 0 Å². The summed E-state index contributed by atoms with van der Waals surface area (Å²) < 4.78 is 24.3. The van der Waals surface area contributed by atoms with Crippen molar-refractivity contribution in [2.45, 2.75) is 25.7 Å². The van der Waals surface area contributed by atoms with E-state index in [1.54, 1.807) is 0 Å². The zero-order valence-electron chi connectivity index (χ0n) is 11.1. The van der Waals surface area contributed by atoms with Gasteiger partial charge < -0.3 is 11.1 Å². The second kappa shape index (κ2) is 5.30. The van der Waals surface area contributed by atoms with Crippen LogP contribution in [0.3, 0.4) is 0 Å². The quantitative estimate of drug-likeness (QED) is 0.644. The standard InChI is InChI=1S/C11H19N5O2S/c1-7-9(12)15-11(8-3-4-8)16-10(7)13-5-6-14-19(2,17)18/h8,14H,3-6H2,1-2H3,(H3,12,13,15,16). The van der Waals surface area contributed by atoms with Crippen LogP contribution in [0, 0.1) is 6.92 Å². The average Bonchev–Trinajstić information content (AvgIpc) is 3.12. The van der Waals surface area contributed by atoms with Crippen molar-refractivity contribution in [2.75, 3.05) is 30.4 Å². The summed E-state index contributed by atoms with van der Waals surface area (Å²) in [6, 6.07) is 0. The highest BCUT2D eigenvalue weighted by Gasteiger charge is 2.27. The fourth-order valence-corrected chi connectivity index (χ4v) is 2.14. The maximum Gasteiger partial charge on any atom is 0.208 e. The smallest absolute Gasteiger partial charge is 0.208 e. The highest BCUT2D eigenvalue weighted by atomic mass is 32.2. The number of anilines is 2. The zero-order chi connectivity index (χ0) is 14.0. The Hall–Kier alpha value is -1.41. The van der Waals surface area contributed by atoms with Crippen molar-refractivity contribution in [1.29, 1.82) is 0 Å². The first-order chi connectivity index (χ1) is 8.87. The third kappa shape index (κ3) is 4.03. The van der Waals surface area contributed by atoms with Crippen molar-refractivity contribution >= 4 is 21.7 Å². The van der Waals surface area contributed by atoms with Crippen LogP contribution in [0.15, 0.2) is 0 Å². The lowest BCUT2D eigenvalue weighted by Gasteiger charge is -2.11. The van der Waals surface area contributed by atoms with Crippen molar-refractivity contribution in [3.63, 3.8) is 0 Å². The topological polar surface area (TPSA) is 110 Å². The molecule has 1 aliphatic carbocycles. The summed E-state index contributed by atoms with van der Waals surface area (Å²) in [5, 5.41) is 3.09. The van der Waals surface area contributed by atoms with Gasteiger partial charge in [0.25, 0.3) is 0 Å². The van der Waals surface area contributed by atoms with Crippen molar-refractivity contribution in [3.8, 4) is 0 Å². The number of hydrogen-bond acceptors (Lipinski definition) is 6. The molecule has 1 saturated carbocycles. The molecule has 8 heteroatoms. The van der Waals surface area contributed by atoms with E-state index < -0.39 is 10.0 Å². The summed E-state index contributed by atoms with van der Waals surface area (Å²) in [4.78, 5) is 8.73. The van der Waals surface area contributed by atoms with Gasteiger partial charge >= 0.3 is 0 Å². The largest absolute Gasteiger partial charge is 0.383 e. The Morgan fingerprint density at radius 3 is 2.58 bits per heavy atom. The summed E-state index contributed by atoms with van der Waals surface area (Å²) >= 11 is 0. The highest BCUT2D eigenvalue weighted by molar-refractivity contribution is 7.88. The van der Waals surface area contributed by atoms with E-state index in [0.29, 0.717) is 30.6 Å². The molecule has 0 saturated heterocycles. The molecule has 106 valence electrons. The summed E-state index contributed by atoms with van der Waals surface area (Å²) in [5.41, 5.74) is 6.65. The molecule has 0 atom stereocenters. The van der Waals surface area contributed by atoms with Gasteiger partial charge in [-0.25, -0.2) is 23.1 Å². The third-order valence-electron chi connectivity index (χ3n) is 2.92. The minimum Gasteiger partial charge on any atom is -0.383 e. The van der Waals surface area contributed by atoms with Crippen LogP contribution in [0.4, 0.5) is 11.6 Å². The second-order valence-corrected chi connectivity index (χ2v) is 6.64. The molecule has 1 aliphatic rings. The van der Waals surface area contributed by atoms with Gasteiger partial charge in [-0.1, -0.05) is 0 Å². The molecular formula is C11H19N5O2S.